The van der Waals surface area contributed by atoms with Crippen molar-refractivity contribution >= 4 is 11.6 Å². The molecule has 150 valence electrons. The molecular weight excluding hydrogens is 344 g/mol. The lowest BCUT2D eigenvalue weighted by Crippen LogP contribution is -2.50. The quantitative estimate of drug-likeness (QED) is 0.540. The van der Waals surface area contributed by atoms with Crippen molar-refractivity contribution < 1.29 is 4.79 Å². The molecule has 2 unspecified atom stereocenters. The van der Waals surface area contributed by atoms with E-state index in [1.807, 2.05) is 42.3 Å². The number of carbonyl (C=O) groups excluding carboxylic acids is 1. The number of anilines is 1. The third-order valence-corrected chi connectivity index (χ3v) is 5.99. The maximum atomic E-state index is 13.8. The van der Waals surface area contributed by atoms with Crippen LogP contribution in [0.4, 0.5) is 5.69 Å². The Morgan fingerprint density at radius 1 is 0.964 bits per heavy atom. The molecule has 0 aliphatic carbocycles. The third-order valence-electron chi connectivity index (χ3n) is 5.99. The van der Waals surface area contributed by atoms with Crippen LogP contribution < -0.4 is 4.90 Å². The molecule has 1 saturated heterocycles. The first-order valence-electron chi connectivity index (χ1n) is 10.8. The van der Waals surface area contributed by atoms with Crippen molar-refractivity contribution in [2.75, 3.05) is 25.0 Å². The van der Waals surface area contributed by atoms with Crippen LogP contribution in [0.1, 0.15) is 56.9 Å². The molecule has 3 rings (SSSR count). The van der Waals surface area contributed by atoms with E-state index in [1.54, 1.807) is 0 Å². The lowest BCUT2D eigenvalue weighted by molar-refractivity contribution is -0.124. The fraction of sp³-hybridized carbons (Fsp3) is 0.480. The van der Waals surface area contributed by atoms with E-state index in [2.05, 4.69) is 42.2 Å². The first-order chi connectivity index (χ1) is 13.7. The zero-order chi connectivity index (χ0) is 19.8. The van der Waals surface area contributed by atoms with Crippen LogP contribution in [-0.2, 0) is 4.79 Å². The third kappa shape index (κ3) is 5.02. The fourth-order valence-corrected chi connectivity index (χ4v) is 4.40. The van der Waals surface area contributed by atoms with Crippen LogP contribution in [0, 0.1) is 0 Å². The van der Waals surface area contributed by atoms with Gasteiger partial charge in [-0.05, 0) is 50.0 Å². The molecular formula is C25H34N2O. The summed E-state index contributed by atoms with van der Waals surface area (Å²) in [7, 11) is 1.93. The molecule has 0 aromatic heterocycles. The monoisotopic (exact) mass is 378 g/mol. The van der Waals surface area contributed by atoms with Crippen molar-refractivity contribution in [3.05, 3.63) is 66.2 Å². The van der Waals surface area contributed by atoms with E-state index in [-0.39, 0.29) is 17.9 Å². The number of hydrogen-bond acceptors (Lipinski definition) is 2. The number of para-hydroxylation sites is 1. The second-order valence-corrected chi connectivity index (χ2v) is 7.93. The molecule has 0 N–H and O–H groups in total. The summed E-state index contributed by atoms with van der Waals surface area (Å²) in [5.74, 6) is 0.461. The van der Waals surface area contributed by atoms with Crippen molar-refractivity contribution in [1.82, 2.24) is 4.90 Å². The summed E-state index contributed by atoms with van der Waals surface area (Å²) in [4.78, 5) is 18.1. The van der Waals surface area contributed by atoms with Crippen LogP contribution in [0.5, 0.6) is 0 Å². The molecule has 2 atom stereocenters. The predicted molar refractivity (Wildman–Crippen MR) is 118 cm³/mol. The van der Waals surface area contributed by atoms with Gasteiger partial charge in [0.05, 0.1) is 6.04 Å². The molecule has 0 bridgehead atoms. The van der Waals surface area contributed by atoms with E-state index < -0.39 is 0 Å². The topological polar surface area (TPSA) is 23.6 Å². The molecule has 1 amide bonds. The highest BCUT2D eigenvalue weighted by atomic mass is 16.2. The second kappa shape index (κ2) is 10.4. The van der Waals surface area contributed by atoms with Gasteiger partial charge in [0.2, 0.25) is 5.91 Å². The SMILES string of the molecule is CCCCCC(c1ccccc1)C(C(=O)N(C)c1ccccc1)N1CCCC1. The Labute approximate surface area is 170 Å². The van der Waals surface area contributed by atoms with Gasteiger partial charge >= 0.3 is 0 Å². The van der Waals surface area contributed by atoms with E-state index in [0.29, 0.717) is 0 Å². The first-order valence-corrected chi connectivity index (χ1v) is 10.8. The summed E-state index contributed by atoms with van der Waals surface area (Å²) >= 11 is 0. The molecule has 3 heteroatoms. The molecule has 2 aromatic rings. The molecule has 2 aromatic carbocycles. The molecule has 1 aliphatic rings. The minimum Gasteiger partial charge on any atom is -0.314 e. The van der Waals surface area contributed by atoms with E-state index in [4.69, 9.17) is 0 Å². The number of benzene rings is 2. The van der Waals surface area contributed by atoms with Gasteiger partial charge in [-0.1, -0.05) is 74.7 Å². The van der Waals surface area contributed by atoms with Crippen LogP contribution in [-0.4, -0.2) is 37.0 Å². The number of carbonyl (C=O) groups is 1. The molecule has 1 fully saturated rings. The Bertz CT molecular complexity index is 710. The van der Waals surface area contributed by atoms with Gasteiger partial charge < -0.3 is 4.90 Å². The van der Waals surface area contributed by atoms with Gasteiger partial charge in [-0.15, -0.1) is 0 Å². The lowest BCUT2D eigenvalue weighted by atomic mass is 9.85. The van der Waals surface area contributed by atoms with Gasteiger partial charge in [0, 0.05) is 18.7 Å². The average molecular weight is 379 g/mol. The number of amides is 1. The van der Waals surface area contributed by atoms with Crippen molar-refractivity contribution in [1.29, 1.82) is 0 Å². The molecule has 0 radical (unpaired) electrons. The van der Waals surface area contributed by atoms with Crippen molar-refractivity contribution in [2.24, 2.45) is 0 Å². The molecule has 3 nitrogen and oxygen atoms in total. The zero-order valence-corrected chi connectivity index (χ0v) is 17.4. The van der Waals surface area contributed by atoms with E-state index >= 15 is 0 Å². The highest BCUT2D eigenvalue weighted by Crippen LogP contribution is 2.33. The normalized spacial score (nSPS) is 16.6. The van der Waals surface area contributed by atoms with Gasteiger partial charge in [0.25, 0.3) is 0 Å². The summed E-state index contributed by atoms with van der Waals surface area (Å²) in [6.45, 7) is 4.29. The van der Waals surface area contributed by atoms with Crippen molar-refractivity contribution in [3.63, 3.8) is 0 Å². The standard InChI is InChI=1S/C25H34N2O/c1-3-4-7-18-23(21-14-8-5-9-15-21)24(27-19-12-13-20-27)25(28)26(2)22-16-10-6-11-17-22/h5-6,8-11,14-17,23-24H,3-4,7,12-13,18-20H2,1-2H3. The molecule has 28 heavy (non-hydrogen) atoms. The number of nitrogens with zero attached hydrogens (tertiary/aromatic N) is 2. The molecule has 0 spiro atoms. The van der Waals surface area contributed by atoms with Crippen LogP contribution in [0.3, 0.4) is 0 Å². The Hall–Kier alpha value is -2.13. The molecule has 0 saturated carbocycles. The zero-order valence-electron chi connectivity index (χ0n) is 17.4. The van der Waals surface area contributed by atoms with E-state index in [9.17, 15) is 4.79 Å². The van der Waals surface area contributed by atoms with Crippen molar-refractivity contribution in [2.45, 2.75) is 57.4 Å². The maximum Gasteiger partial charge on any atom is 0.244 e. The second-order valence-electron chi connectivity index (χ2n) is 7.93. The fourth-order valence-electron chi connectivity index (χ4n) is 4.40. The number of rotatable bonds is 9. The maximum absolute atomic E-state index is 13.8. The van der Waals surface area contributed by atoms with Gasteiger partial charge in [0.15, 0.2) is 0 Å². The van der Waals surface area contributed by atoms with Crippen LogP contribution in [0.25, 0.3) is 0 Å². The van der Waals surface area contributed by atoms with Crippen LogP contribution in [0.15, 0.2) is 60.7 Å². The van der Waals surface area contributed by atoms with Crippen LogP contribution >= 0.6 is 0 Å². The van der Waals surface area contributed by atoms with Gasteiger partial charge in [0.1, 0.15) is 0 Å². The largest absolute Gasteiger partial charge is 0.314 e. The van der Waals surface area contributed by atoms with Gasteiger partial charge in [-0.3, -0.25) is 9.69 Å². The summed E-state index contributed by atoms with van der Waals surface area (Å²) in [6.07, 6.45) is 7.03. The average Bonchev–Trinajstić information content (AvgIpc) is 3.28. The Morgan fingerprint density at radius 2 is 1.57 bits per heavy atom. The summed E-state index contributed by atoms with van der Waals surface area (Å²) in [5, 5.41) is 0. The van der Waals surface area contributed by atoms with E-state index in [1.165, 1.54) is 37.7 Å². The minimum atomic E-state index is -0.0908. The summed E-state index contributed by atoms with van der Waals surface area (Å²) in [5.41, 5.74) is 2.27. The Balaban J connectivity index is 1.92. The number of hydrogen-bond donors (Lipinski definition) is 0. The molecule has 1 aliphatic heterocycles. The smallest absolute Gasteiger partial charge is 0.244 e. The first kappa shape index (κ1) is 20.6. The highest BCUT2D eigenvalue weighted by Gasteiger charge is 2.37. The summed E-state index contributed by atoms with van der Waals surface area (Å²) in [6, 6.07) is 20.6. The predicted octanol–water partition coefficient (Wildman–Crippen LogP) is 5.48. The van der Waals surface area contributed by atoms with Gasteiger partial charge in [-0.25, -0.2) is 0 Å². The number of unbranched alkanes of at least 4 members (excludes halogenated alkanes) is 2. The van der Waals surface area contributed by atoms with E-state index in [0.717, 1.165) is 25.2 Å². The molecule has 1 heterocycles. The Kier molecular flexibility index (Phi) is 7.67. The minimum absolute atomic E-state index is 0.0908. The van der Waals surface area contributed by atoms with Crippen LogP contribution in [0.2, 0.25) is 0 Å². The Morgan fingerprint density at radius 3 is 2.18 bits per heavy atom. The number of likely N-dealkylation sites (N-methyl/N-ethyl adjacent to an activating group) is 1. The summed E-state index contributed by atoms with van der Waals surface area (Å²) < 4.78 is 0. The lowest BCUT2D eigenvalue weighted by Gasteiger charge is -2.36. The number of likely N-dealkylation sites (tertiary alicyclic amines) is 1. The van der Waals surface area contributed by atoms with Gasteiger partial charge in [-0.2, -0.15) is 0 Å². The van der Waals surface area contributed by atoms with Crippen molar-refractivity contribution in [3.8, 4) is 0 Å². The highest BCUT2D eigenvalue weighted by molar-refractivity contribution is 5.97.